The Kier molecular flexibility index (Phi) is 17.4. The van der Waals surface area contributed by atoms with Gasteiger partial charge in [0.05, 0.1) is 47.7 Å². The molecule has 0 spiro atoms. The molecule has 10 rings (SSSR count). The van der Waals surface area contributed by atoms with E-state index in [1.165, 1.54) is 30.4 Å². The minimum absolute atomic E-state index is 0.00787. The van der Waals surface area contributed by atoms with Crippen molar-refractivity contribution in [3.8, 4) is 17.2 Å². The number of ketones is 2. The Morgan fingerprint density at radius 3 is 1.96 bits per heavy atom. The number of hydrogen-bond donors (Lipinski definition) is 3. The molecule has 1 unspecified atom stereocenters. The molecule has 0 aliphatic carbocycles. The van der Waals surface area contributed by atoms with Crippen molar-refractivity contribution in [1.29, 1.82) is 0 Å². The number of anilines is 3. The first-order chi connectivity index (χ1) is 40.0. The molecule has 6 amide bonds. The van der Waals surface area contributed by atoms with Gasteiger partial charge in [0.25, 0.3) is 23.6 Å². The fourth-order valence-corrected chi connectivity index (χ4v) is 11.8. The highest BCUT2D eigenvalue weighted by atomic mass is 16.5. The number of methoxy groups -OCH3 is 1. The first kappa shape index (κ1) is 57.4. The number of imide groups is 1. The quantitative estimate of drug-likeness (QED) is 0.0443. The monoisotopic (exact) mass is 1130 g/mol. The predicted molar refractivity (Wildman–Crippen MR) is 312 cm³/mol. The third-order valence-corrected chi connectivity index (χ3v) is 16.5. The Hall–Kier alpha value is -8.80. The highest BCUT2D eigenvalue weighted by Gasteiger charge is 2.38. The summed E-state index contributed by atoms with van der Waals surface area (Å²) in [5.74, 6) is -1.39. The van der Waals surface area contributed by atoms with E-state index in [1.807, 2.05) is 72.3 Å². The summed E-state index contributed by atoms with van der Waals surface area (Å²) >= 11 is 0. The maximum absolute atomic E-state index is 14.3. The van der Waals surface area contributed by atoms with Crippen LogP contribution >= 0.6 is 0 Å². The highest BCUT2D eigenvalue weighted by molar-refractivity contribution is 6.13. The Bertz CT molecular complexity index is 3410. The van der Waals surface area contributed by atoms with Gasteiger partial charge in [0, 0.05) is 101 Å². The number of likely N-dealkylation sites (N-methyl/N-ethyl adjacent to an activating group) is 1. The first-order valence-corrected chi connectivity index (χ1v) is 28.6. The van der Waals surface area contributed by atoms with Gasteiger partial charge in [-0.2, -0.15) is 0 Å². The Labute approximate surface area is 483 Å². The molecule has 0 aromatic heterocycles. The van der Waals surface area contributed by atoms with Gasteiger partial charge in [0.2, 0.25) is 11.8 Å². The van der Waals surface area contributed by atoms with Gasteiger partial charge in [0.1, 0.15) is 24.7 Å². The Balaban J connectivity index is 0.801. The van der Waals surface area contributed by atoms with E-state index in [9.17, 15) is 38.4 Å². The molecule has 4 atom stereocenters. The summed E-state index contributed by atoms with van der Waals surface area (Å²) in [7, 11) is 3.51. The minimum atomic E-state index is -0.862. The van der Waals surface area contributed by atoms with Crippen LogP contribution in [0.3, 0.4) is 0 Å². The first-order valence-electron chi connectivity index (χ1n) is 28.6. The zero-order valence-electron chi connectivity index (χ0n) is 47.7. The van der Waals surface area contributed by atoms with E-state index in [4.69, 9.17) is 14.2 Å². The van der Waals surface area contributed by atoms with Crippen LogP contribution in [0.5, 0.6) is 17.2 Å². The van der Waals surface area contributed by atoms with Gasteiger partial charge in [-0.25, -0.2) is 0 Å². The molecule has 0 fully saturated rings. The van der Waals surface area contributed by atoms with Crippen molar-refractivity contribution in [1.82, 2.24) is 20.0 Å². The molecule has 3 N–H and O–H groups in total. The lowest BCUT2D eigenvalue weighted by Gasteiger charge is -2.36. The molecule has 5 aromatic carbocycles. The second-order valence-corrected chi connectivity index (χ2v) is 22.5. The van der Waals surface area contributed by atoms with E-state index in [-0.39, 0.29) is 98.6 Å². The van der Waals surface area contributed by atoms with Crippen LogP contribution in [-0.2, 0) is 67.9 Å². The van der Waals surface area contributed by atoms with Gasteiger partial charge >= 0.3 is 0 Å². The fraction of sp³-hybridized carbons (Fsp3) is 0.385. The number of ether oxygens (including phenoxy) is 3. The second-order valence-electron chi connectivity index (χ2n) is 22.5. The van der Waals surface area contributed by atoms with E-state index in [1.54, 1.807) is 32.0 Å². The second kappa shape index (κ2) is 25.1. The number of nitrogens with zero attached hydrogens (tertiary/aromatic N) is 4. The smallest absolute Gasteiger partial charge is 0.256 e. The number of aryl methyl sites for hydroxylation is 1. The lowest BCUT2D eigenvalue weighted by molar-refractivity contribution is -0.137. The number of amides is 6. The van der Waals surface area contributed by atoms with E-state index < -0.39 is 17.9 Å². The molecule has 83 heavy (non-hydrogen) atoms. The van der Waals surface area contributed by atoms with Crippen LogP contribution in [0.2, 0.25) is 0 Å². The topological polar surface area (TPSA) is 213 Å². The summed E-state index contributed by atoms with van der Waals surface area (Å²) in [5, 5.41) is 9.27. The van der Waals surface area contributed by atoms with Crippen molar-refractivity contribution < 1.29 is 52.6 Å². The third-order valence-electron chi connectivity index (χ3n) is 16.5. The standard InChI is InChI=1S/C65H71N7O11/c1-39-23-52-54(66-33-49-28-44-13-6-8-15-46(44)34-71(49)64(52)79)31-57(39)82-37-42-25-43(38-83-59-32-55-53(30-58(59)81-5)65(80)72-35-47-16-9-7-14-45(47)29-50(72)36-69(55)4)27-48(26-42)68-63(78)40(2)24-56(74)41(3)67-60(75)19-11-10-17-51(73)18-12-22-70-61(76)20-21-62(70)77/h6-9,13-16,20-21,23,25-27,30-32,40-41,49-50,66H,10-12,17-19,22,24,28-29,33-38H2,1-5H3,(H,67,75)(H,68,78)/t40-,41+,49+,50?/m1/s1. The molecule has 0 bridgehead atoms. The van der Waals surface area contributed by atoms with Crippen LogP contribution in [-0.4, -0.2) is 114 Å². The molecule has 0 radical (unpaired) electrons. The molecule has 432 valence electrons. The normalized spacial score (nSPS) is 17.6. The lowest BCUT2D eigenvalue weighted by atomic mass is 9.93. The minimum Gasteiger partial charge on any atom is -0.493 e. The summed E-state index contributed by atoms with van der Waals surface area (Å²) in [6.45, 7) is 7.68. The average Bonchev–Trinajstić information content (AvgIpc) is 3.78. The molecule has 0 saturated carbocycles. The van der Waals surface area contributed by atoms with E-state index in [2.05, 4.69) is 45.1 Å². The van der Waals surface area contributed by atoms with Crippen molar-refractivity contribution in [2.45, 2.75) is 123 Å². The van der Waals surface area contributed by atoms with Gasteiger partial charge in [0.15, 0.2) is 17.3 Å². The zero-order chi connectivity index (χ0) is 58.5. The number of Topliss-reactive ketones (excluding diaryl/α,β-unsaturated/α-hetero) is 2. The number of nitrogens with one attached hydrogen (secondary N) is 3. The highest BCUT2D eigenvalue weighted by Crippen LogP contribution is 2.40. The number of unbranched alkanes of at least 4 members (excludes halogenated alkanes) is 1. The Morgan fingerprint density at radius 1 is 0.687 bits per heavy atom. The number of benzene rings is 5. The number of rotatable bonds is 22. The van der Waals surface area contributed by atoms with Crippen molar-refractivity contribution in [2.24, 2.45) is 5.92 Å². The van der Waals surface area contributed by atoms with Gasteiger partial charge in [-0.15, -0.1) is 0 Å². The summed E-state index contributed by atoms with van der Waals surface area (Å²) in [6, 6.07) is 28.4. The molecule has 0 saturated heterocycles. The van der Waals surface area contributed by atoms with Crippen LogP contribution in [0.4, 0.5) is 17.1 Å². The predicted octanol–water partition coefficient (Wildman–Crippen LogP) is 8.04. The summed E-state index contributed by atoms with van der Waals surface area (Å²) in [5.41, 5.74) is 9.87. The van der Waals surface area contributed by atoms with Crippen molar-refractivity contribution in [3.63, 3.8) is 0 Å². The SMILES string of the molecule is COc1cc2c(cc1OCc1cc(COc3cc4c(cc3C)C(=O)N3Cc5ccccc5C[C@H]3CN4)cc(NC(=O)[C@H](C)CC(=O)[C@H](C)NC(=O)CCCCC(=O)CCCN3C(=O)C=CC3=O)c1)N(C)CC1Cc3ccccc3CN1C2=O. The maximum atomic E-state index is 14.3. The molecule has 5 aliphatic heterocycles. The van der Waals surface area contributed by atoms with E-state index >= 15 is 0 Å². The number of carbonyl (C=O) groups is 8. The van der Waals surface area contributed by atoms with Gasteiger partial charge in [-0.1, -0.05) is 55.5 Å². The summed E-state index contributed by atoms with van der Waals surface area (Å²) < 4.78 is 19.0. The number of carbonyl (C=O) groups excluding carboxylic acids is 8. The van der Waals surface area contributed by atoms with Gasteiger partial charge in [-0.3, -0.25) is 43.3 Å². The lowest BCUT2D eigenvalue weighted by Crippen LogP contribution is -2.47. The summed E-state index contributed by atoms with van der Waals surface area (Å²) in [6.07, 6.45) is 5.62. The van der Waals surface area contributed by atoms with Crippen molar-refractivity contribution in [2.75, 3.05) is 49.3 Å². The summed E-state index contributed by atoms with van der Waals surface area (Å²) in [4.78, 5) is 112. The molecular weight excluding hydrogens is 1050 g/mol. The van der Waals surface area contributed by atoms with Crippen LogP contribution in [0, 0.1) is 12.8 Å². The average molecular weight is 1130 g/mol. The van der Waals surface area contributed by atoms with Crippen LogP contribution < -0.4 is 35.1 Å². The van der Waals surface area contributed by atoms with Crippen LogP contribution in [0.1, 0.15) is 118 Å². The van der Waals surface area contributed by atoms with Gasteiger partial charge < -0.3 is 44.9 Å². The zero-order valence-corrected chi connectivity index (χ0v) is 47.7. The van der Waals surface area contributed by atoms with Crippen LogP contribution in [0.25, 0.3) is 0 Å². The third kappa shape index (κ3) is 13.1. The van der Waals surface area contributed by atoms with Crippen molar-refractivity contribution >= 4 is 64.1 Å². The molecule has 5 aromatic rings. The number of hydrogen-bond acceptors (Lipinski definition) is 13. The molecule has 18 heteroatoms. The van der Waals surface area contributed by atoms with Crippen molar-refractivity contribution in [3.05, 3.63) is 153 Å². The molecule has 5 aliphatic rings. The largest absolute Gasteiger partial charge is 0.493 e. The number of fused-ring (bicyclic) bond motifs is 6. The van der Waals surface area contributed by atoms with Gasteiger partial charge in [-0.05, 0) is 115 Å². The van der Waals surface area contributed by atoms with E-state index in [0.717, 1.165) is 34.4 Å². The molecule has 18 nitrogen and oxygen atoms in total. The maximum Gasteiger partial charge on any atom is 0.256 e. The fourth-order valence-electron chi connectivity index (χ4n) is 11.8. The Morgan fingerprint density at radius 2 is 1.29 bits per heavy atom. The van der Waals surface area contributed by atoms with Crippen LogP contribution in [0.15, 0.2) is 103 Å². The van der Waals surface area contributed by atoms with E-state index in [0.29, 0.717) is 102 Å². The molecule has 5 heterocycles. The molecular formula is C65H71N7O11.